The maximum Gasteiger partial charge on any atom is 0.317 e. The number of carbonyl (C=O) groups is 1. The Balaban J connectivity index is 1.89. The fourth-order valence-electron chi connectivity index (χ4n) is 3.05. The number of likely N-dealkylation sites (N-methyl/N-ethyl adjacent to an activating group) is 1. The van der Waals surface area contributed by atoms with Crippen LogP contribution in [0.15, 0.2) is 24.4 Å². The third-order valence-electron chi connectivity index (χ3n) is 4.83. The molecule has 2 atom stereocenters. The molecule has 0 bridgehead atoms. The first-order valence-electron chi connectivity index (χ1n) is 7.74. The van der Waals surface area contributed by atoms with Gasteiger partial charge in [0.25, 0.3) is 0 Å². The van der Waals surface area contributed by atoms with Crippen LogP contribution in [0.2, 0.25) is 0 Å². The number of amides is 2. The Morgan fingerprint density at radius 3 is 2.82 bits per heavy atom. The van der Waals surface area contributed by atoms with Crippen LogP contribution in [0.3, 0.4) is 0 Å². The second-order valence-corrected chi connectivity index (χ2v) is 6.42. The molecule has 2 aromatic rings. The van der Waals surface area contributed by atoms with Gasteiger partial charge in [-0.3, -0.25) is 0 Å². The largest absolute Gasteiger partial charge is 0.361 e. The van der Waals surface area contributed by atoms with Gasteiger partial charge in [0.15, 0.2) is 0 Å². The van der Waals surface area contributed by atoms with Crippen molar-refractivity contribution in [2.75, 3.05) is 27.7 Å². The van der Waals surface area contributed by atoms with Crippen LogP contribution < -0.4 is 5.32 Å². The maximum absolute atomic E-state index is 11.6. The number of rotatable bonds is 4. The van der Waals surface area contributed by atoms with Crippen LogP contribution in [-0.2, 0) is 6.42 Å². The summed E-state index contributed by atoms with van der Waals surface area (Å²) in [6.45, 7) is 2.93. The first-order valence-corrected chi connectivity index (χ1v) is 7.74. The number of aromatic amines is 1. The number of nitrogens with one attached hydrogen (secondary N) is 2. The minimum Gasteiger partial charge on any atom is -0.361 e. The Hall–Kier alpha value is -2.01. The van der Waals surface area contributed by atoms with E-state index in [1.54, 1.807) is 4.90 Å². The molecule has 0 saturated carbocycles. The quantitative estimate of drug-likeness (QED) is 0.910. The normalized spacial score (nSPS) is 20.0. The third kappa shape index (κ3) is 2.57. The van der Waals surface area contributed by atoms with Gasteiger partial charge in [-0.15, -0.1) is 0 Å². The van der Waals surface area contributed by atoms with E-state index >= 15 is 0 Å². The van der Waals surface area contributed by atoms with Gasteiger partial charge in [0.2, 0.25) is 0 Å². The van der Waals surface area contributed by atoms with Gasteiger partial charge in [0, 0.05) is 36.7 Å². The van der Waals surface area contributed by atoms with Crippen molar-refractivity contribution < 1.29 is 4.79 Å². The average molecular weight is 300 g/mol. The van der Waals surface area contributed by atoms with Crippen LogP contribution in [0, 0.1) is 0 Å². The molecular weight excluding hydrogens is 276 g/mol. The number of nitrogens with zero attached hydrogens (tertiary/aromatic N) is 2. The third-order valence-corrected chi connectivity index (χ3v) is 4.83. The molecule has 22 heavy (non-hydrogen) atoms. The second-order valence-electron chi connectivity index (χ2n) is 6.42. The summed E-state index contributed by atoms with van der Waals surface area (Å²) in [5.41, 5.74) is 3.75. The van der Waals surface area contributed by atoms with Crippen molar-refractivity contribution in [3.05, 3.63) is 35.5 Å². The van der Waals surface area contributed by atoms with Crippen molar-refractivity contribution in [3.8, 4) is 0 Å². The zero-order valence-electron chi connectivity index (χ0n) is 13.7. The average Bonchev–Trinajstić information content (AvgIpc) is 3.04. The molecule has 1 aromatic carbocycles. The molecule has 5 nitrogen and oxygen atoms in total. The summed E-state index contributed by atoms with van der Waals surface area (Å²) in [6.07, 6.45) is 2.98. The van der Waals surface area contributed by atoms with E-state index in [2.05, 4.69) is 60.6 Å². The SMILES string of the molecule is CC(c1c[nH]c2ccc(CC3CNC(=O)N3C)cc12)N(C)C. The van der Waals surface area contributed by atoms with Crippen molar-refractivity contribution in [2.24, 2.45) is 0 Å². The molecule has 0 radical (unpaired) electrons. The van der Waals surface area contributed by atoms with Crippen molar-refractivity contribution in [1.82, 2.24) is 20.1 Å². The topological polar surface area (TPSA) is 51.4 Å². The van der Waals surface area contributed by atoms with Crippen molar-refractivity contribution in [2.45, 2.75) is 25.4 Å². The van der Waals surface area contributed by atoms with E-state index in [1.807, 2.05) is 7.05 Å². The lowest BCUT2D eigenvalue weighted by molar-refractivity contribution is 0.216. The highest BCUT2D eigenvalue weighted by atomic mass is 16.2. The molecule has 1 aliphatic rings. The minimum atomic E-state index is 0.0228. The van der Waals surface area contributed by atoms with Gasteiger partial charge >= 0.3 is 6.03 Å². The molecule has 0 spiro atoms. The highest BCUT2D eigenvalue weighted by Gasteiger charge is 2.27. The van der Waals surface area contributed by atoms with Crippen LogP contribution >= 0.6 is 0 Å². The van der Waals surface area contributed by atoms with Gasteiger partial charge in [-0.1, -0.05) is 6.07 Å². The summed E-state index contributed by atoms with van der Waals surface area (Å²) in [5, 5.41) is 4.17. The van der Waals surface area contributed by atoms with E-state index in [4.69, 9.17) is 0 Å². The molecule has 1 fully saturated rings. The van der Waals surface area contributed by atoms with Crippen LogP contribution in [-0.4, -0.2) is 54.5 Å². The Morgan fingerprint density at radius 2 is 2.18 bits per heavy atom. The number of fused-ring (bicyclic) bond motifs is 1. The van der Waals surface area contributed by atoms with Crippen LogP contribution in [0.5, 0.6) is 0 Å². The maximum atomic E-state index is 11.6. The molecule has 1 aliphatic heterocycles. The summed E-state index contributed by atoms with van der Waals surface area (Å²) in [6, 6.07) is 7.17. The fraction of sp³-hybridized carbons (Fsp3) is 0.471. The lowest BCUT2D eigenvalue weighted by atomic mass is 10.0. The summed E-state index contributed by atoms with van der Waals surface area (Å²) in [4.78, 5) is 18.9. The number of hydrogen-bond acceptors (Lipinski definition) is 2. The summed E-state index contributed by atoms with van der Waals surface area (Å²) < 4.78 is 0. The van der Waals surface area contributed by atoms with E-state index in [0.717, 1.165) is 13.0 Å². The van der Waals surface area contributed by atoms with Crippen LogP contribution in [0.1, 0.15) is 24.1 Å². The zero-order chi connectivity index (χ0) is 15.9. The molecular formula is C17H24N4O. The smallest absolute Gasteiger partial charge is 0.317 e. The first-order chi connectivity index (χ1) is 10.5. The van der Waals surface area contributed by atoms with Crippen LogP contribution in [0.25, 0.3) is 10.9 Å². The van der Waals surface area contributed by atoms with E-state index in [-0.39, 0.29) is 12.1 Å². The van der Waals surface area contributed by atoms with E-state index in [1.165, 1.54) is 22.0 Å². The number of hydrogen-bond donors (Lipinski definition) is 2. The molecule has 118 valence electrons. The summed E-state index contributed by atoms with van der Waals surface area (Å²) in [5.74, 6) is 0. The van der Waals surface area contributed by atoms with Gasteiger partial charge in [0.1, 0.15) is 0 Å². The predicted molar refractivity (Wildman–Crippen MR) is 89.1 cm³/mol. The number of benzene rings is 1. The first kappa shape index (κ1) is 14.9. The summed E-state index contributed by atoms with van der Waals surface area (Å²) in [7, 11) is 6.05. The lowest BCUT2D eigenvalue weighted by Gasteiger charge is -2.20. The second kappa shape index (κ2) is 5.65. The Labute approximate surface area is 131 Å². The monoisotopic (exact) mass is 300 g/mol. The number of urea groups is 1. The predicted octanol–water partition coefficient (Wildman–Crippen LogP) is 2.36. The molecule has 2 amide bonds. The highest BCUT2D eigenvalue weighted by molar-refractivity contribution is 5.84. The standard InChI is InChI=1S/C17H24N4O/c1-11(20(2)3)15-10-18-16-6-5-12(8-14(15)16)7-13-9-19-17(22)21(13)4/h5-6,8,10-11,13,18H,7,9H2,1-4H3,(H,19,22). The van der Waals surface area contributed by atoms with E-state index in [0.29, 0.717) is 6.04 Å². The van der Waals surface area contributed by atoms with Crippen molar-refractivity contribution >= 4 is 16.9 Å². The lowest BCUT2D eigenvalue weighted by Crippen LogP contribution is -2.31. The fourth-order valence-corrected chi connectivity index (χ4v) is 3.05. The molecule has 2 heterocycles. The Kier molecular flexibility index (Phi) is 3.83. The molecule has 5 heteroatoms. The zero-order valence-corrected chi connectivity index (χ0v) is 13.7. The van der Waals surface area contributed by atoms with Crippen molar-refractivity contribution in [1.29, 1.82) is 0 Å². The Morgan fingerprint density at radius 1 is 1.41 bits per heavy atom. The highest BCUT2D eigenvalue weighted by Crippen LogP contribution is 2.28. The molecule has 0 aliphatic carbocycles. The van der Waals surface area contributed by atoms with Gasteiger partial charge in [-0.2, -0.15) is 0 Å². The molecule has 3 rings (SSSR count). The van der Waals surface area contributed by atoms with E-state index < -0.39 is 0 Å². The molecule has 2 unspecified atom stereocenters. The number of H-pyrrole nitrogens is 1. The van der Waals surface area contributed by atoms with Gasteiger partial charge in [-0.25, -0.2) is 4.79 Å². The Bertz CT molecular complexity index is 691. The molecule has 1 saturated heterocycles. The number of aromatic nitrogens is 1. The molecule has 2 N–H and O–H groups in total. The minimum absolute atomic E-state index is 0.0228. The van der Waals surface area contributed by atoms with Gasteiger partial charge in [-0.05, 0) is 50.7 Å². The summed E-state index contributed by atoms with van der Waals surface area (Å²) >= 11 is 0. The van der Waals surface area contributed by atoms with Crippen LogP contribution in [0.4, 0.5) is 4.79 Å². The van der Waals surface area contributed by atoms with Gasteiger partial charge in [0.05, 0.1) is 6.04 Å². The van der Waals surface area contributed by atoms with Gasteiger partial charge < -0.3 is 20.1 Å². The van der Waals surface area contributed by atoms with E-state index in [9.17, 15) is 4.79 Å². The molecule has 1 aromatic heterocycles. The van der Waals surface area contributed by atoms with Crippen molar-refractivity contribution in [3.63, 3.8) is 0 Å². The number of carbonyl (C=O) groups excluding carboxylic acids is 1.